The monoisotopic (exact) mass is 353 g/mol. The fourth-order valence-electron chi connectivity index (χ4n) is 2.70. The molecule has 0 radical (unpaired) electrons. The minimum Gasteiger partial charge on any atom is -0.376 e. The second kappa shape index (κ2) is 7.47. The van der Waals surface area contributed by atoms with Crippen molar-refractivity contribution in [1.29, 1.82) is 0 Å². The maximum Gasteiger partial charge on any atom is 0.244 e. The van der Waals surface area contributed by atoms with Crippen LogP contribution in [-0.2, 0) is 22.6 Å². The normalized spacial score (nSPS) is 17.6. The molecule has 3 rings (SSSR count). The SMILES string of the molecule is Cc1nn(CC(=O)N(Cc2ccsc2)C[C@H]2CCCO2)cc1Cl. The number of rotatable bonds is 6. The molecule has 2 aromatic heterocycles. The van der Waals surface area contributed by atoms with Gasteiger partial charge in [0.25, 0.3) is 0 Å². The van der Waals surface area contributed by atoms with Gasteiger partial charge in [-0.15, -0.1) is 0 Å². The van der Waals surface area contributed by atoms with Crippen molar-refractivity contribution < 1.29 is 9.53 Å². The van der Waals surface area contributed by atoms with Crippen LogP contribution < -0.4 is 0 Å². The van der Waals surface area contributed by atoms with E-state index in [9.17, 15) is 4.79 Å². The Kier molecular flexibility index (Phi) is 5.35. The summed E-state index contributed by atoms with van der Waals surface area (Å²) >= 11 is 7.66. The smallest absolute Gasteiger partial charge is 0.244 e. The summed E-state index contributed by atoms with van der Waals surface area (Å²) in [7, 11) is 0. The molecule has 0 bridgehead atoms. The number of amides is 1. The first-order valence-electron chi connectivity index (χ1n) is 7.72. The summed E-state index contributed by atoms with van der Waals surface area (Å²) in [5, 5.41) is 8.96. The number of thiophene rings is 1. The molecule has 0 saturated carbocycles. The number of hydrogen-bond acceptors (Lipinski definition) is 4. The molecule has 3 heterocycles. The Bertz CT molecular complexity index is 631. The van der Waals surface area contributed by atoms with Gasteiger partial charge in [0.1, 0.15) is 6.54 Å². The molecule has 1 atom stereocenters. The van der Waals surface area contributed by atoms with E-state index in [1.165, 1.54) is 0 Å². The van der Waals surface area contributed by atoms with Crippen LogP contribution in [-0.4, -0.2) is 39.8 Å². The molecule has 1 aliphatic rings. The van der Waals surface area contributed by atoms with Crippen LogP contribution in [0.25, 0.3) is 0 Å². The van der Waals surface area contributed by atoms with Gasteiger partial charge in [0.05, 0.1) is 16.8 Å². The molecule has 1 fully saturated rings. The van der Waals surface area contributed by atoms with Crippen molar-refractivity contribution in [3.63, 3.8) is 0 Å². The Morgan fingerprint density at radius 3 is 3.09 bits per heavy atom. The summed E-state index contributed by atoms with van der Waals surface area (Å²) in [6.45, 7) is 4.06. The van der Waals surface area contributed by atoms with Crippen molar-refractivity contribution in [2.24, 2.45) is 0 Å². The topological polar surface area (TPSA) is 47.4 Å². The predicted octanol–water partition coefficient (Wildman–Crippen LogP) is 3.11. The second-order valence-electron chi connectivity index (χ2n) is 5.80. The highest BCUT2D eigenvalue weighted by molar-refractivity contribution is 7.07. The zero-order chi connectivity index (χ0) is 16.2. The van der Waals surface area contributed by atoms with Crippen LogP contribution in [0, 0.1) is 6.92 Å². The van der Waals surface area contributed by atoms with Crippen LogP contribution in [0.3, 0.4) is 0 Å². The van der Waals surface area contributed by atoms with E-state index in [-0.39, 0.29) is 18.6 Å². The van der Waals surface area contributed by atoms with Gasteiger partial charge in [0, 0.05) is 25.9 Å². The molecule has 0 unspecified atom stereocenters. The minimum absolute atomic E-state index is 0.0332. The molecule has 0 spiro atoms. The lowest BCUT2D eigenvalue weighted by Gasteiger charge is -2.25. The van der Waals surface area contributed by atoms with Gasteiger partial charge in [-0.05, 0) is 42.2 Å². The average molecular weight is 354 g/mol. The Morgan fingerprint density at radius 2 is 2.48 bits per heavy atom. The third-order valence-electron chi connectivity index (χ3n) is 3.94. The number of aromatic nitrogens is 2. The van der Waals surface area contributed by atoms with E-state index >= 15 is 0 Å². The van der Waals surface area contributed by atoms with Crippen molar-refractivity contribution in [3.8, 4) is 0 Å². The zero-order valence-electron chi connectivity index (χ0n) is 13.1. The quantitative estimate of drug-likeness (QED) is 0.801. The molecule has 1 amide bonds. The molecule has 0 aliphatic carbocycles. The third kappa shape index (κ3) is 4.34. The van der Waals surface area contributed by atoms with Gasteiger partial charge < -0.3 is 9.64 Å². The van der Waals surface area contributed by atoms with Crippen LogP contribution in [0.4, 0.5) is 0 Å². The van der Waals surface area contributed by atoms with Crippen LogP contribution in [0.2, 0.25) is 5.02 Å². The van der Waals surface area contributed by atoms with Crippen molar-refractivity contribution in [1.82, 2.24) is 14.7 Å². The number of halogens is 1. The van der Waals surface area contributed by atoms with Gasteiger partial charge in [-0.3, -0.25) is 9.48 Å². The summed E-state index contributed by atoms with van der Waals surface area (Å²) in [6, 6.07) is 2.05. The van der Waals surface area contributed by atoms with Crippen molar-refractivity contribution in [2.45, 2.75) is 39.0 Å². The van der Waals surface area contributed by atoms with Gasteiger partial charge >= 0.3 is 0 Å². The first-order valence-corrected chi connectivity index (χ1v) is 9.04. The summed E-state index contributed by atoms with van der Waals surface area (Å²) < 4.78 is 7.30. The summed E-state index contributed by atoms with van der Waals surface area (Å²) in [4.78, 5) is 14.6. The van der Waals surface area contributed by atoms with Crippen molar-refractivity contribution in [3.05, 3.63) is 39.3 Å². The first-order chi connectivity index (χ1) is 11.1. The standard InChI is InChI=1S/C16H20ClN3O2S/c1-12-15(17)9-20(18-12)10-16(21)19(7-13-4-6-23-11-13)8-14-3-2-5-22-14/h4,6,9,11,14H,2-3,5,7-8,10H2,1H3/t14-/m1/s1. The van der Waals surface area contributed by atoms with Gasteiger partial charge in [-0.2, -0.15) is 16.4 Å². The highest BCUT2D eigenvalue weighted by Gasteiger charge is 2.23. The second-order valence-corrected chi connectivity index (χ2v) is 6.99. The van der Waals surface area contributed by atoms with Crippen LogP contribution in [0.1, 0.15) is 24.1 Å². The third-order valence-corrected chi connectivity index (χ3v) is 5.04. The molecule has 0 N–H and O–H groups in total. The van der Waals surface area contributed by atoms with Crippen LogP contribution >= 0.6 is 22.9 Å². The van der Waals surface area contributed by atoms with Gasteiger partial charge in [-0.1, -0.05) is 11.6 Å². The van der Waals surface area contributed by atoms with E-state index in [0.29, 0.717) is 18.1 Å². The highest BCUT2D eigenvalue weighted by Crippen LogP contribution is 2.17. The Balaban J connectivity index is 1.68. The number of nitrogens with zero attached hydrogens (tertiary/aromatic N) is 3. The number of aryl methyl sites for hydroxylation is 1. The van der Waals surface area contributed by atoms with Crippen molar-refractivity contribution in [2.75, 3.05) is 13.2 Å². The number of ether oxygens (including phenoxy) is 1. The lowest BCUT2D eigenvalue weighted by molar-refractivity contribution is -0.134. The fraction of sp³-hybridized carbons (Fsp3) is 0.500. The number of carbonyl (C=O) groups is 1. The number of carbonyl (C=O) groups excluding carboxylic acids is 1. The molecular formula is C16H20ClN3O2S. The Morgan fingerprint density at radius 1 is 1.61 bits per heavy atom. The maximum absolute atomic E-state index is 12.7. The van der Waals surface area contributed by atoms with E-state index in [4.69, 9.17) is 16.3 Å². The molecule has 2 aromatic rings. The van der Waals surface area contributed by atoms with E-state index < -0.39 is 0 Å². The Labute approximate surface area is 144 Å². The van der Waals surface area contributed by atoms with E-state index in [2.05, 4.69) is 16.5 Å². The predicted molar refractivity (Wildman–Crippen MR) is 90.7 cm³/mol. The zero-order valence-corrected chi connectivity index (χ0v) is 14.6. The van der Waals surface area contributed by atoms with Gasteiger partial charge in [-0.25, -0.2) is 0 Å². The fourth-order valence-corrected chi connectivity index (χ4v) is 3.52. The highest BCUT2D eigenvalue weighted by atomic mass is 35.5. The van der Waals surface area contributed by atoms with Gasteiger partial charge in [0.2, 0.25) is 5.91 Å². The summed E-state index contributed by atoms with van der Waals surface area (Å²) in [5.41, 5.74) is 1.89. The average Bonchev–Trinajstić information content (AvgIpc) is 3.23. The van der Waals surface area contributed by atoms with Crippen LogP contribution in [0.15, 0.2) is 23.0 Å². The molecule has 1 saturated heterocycles. The lowest BCUT2D eigenvalue weighted by Crippen LogP contribution is -2.38. The Hall–Kier alpha value is -1.37. The lowest BCUT2D eigenvalue weighted by atomic mass is 10.2. The first kappa shape index (κ1) is 16.5. The van der Waals surface area contributed by atoms with E-state index in [1.807, 2.05) is 17.2 Å². The molecular weight excluding hydrogens is 334 g/mol. The van der Waals surface area contributed by atoms with Gasteiger partial charge in [0.15, 0.2) is 0 Å². The molecule has 124 valence electrons. The van der Waals surface area contributed by atoms with Crippen molar-refractivity contribution >= 4 is 28.8 Å². The minimum atomic E-state index is 0.0332. The van der Waals surface area contributed by atoms with Crippen LogP contribution in [0.5, 0.6) is 0 Å². The molecule has 1 aliphatic heterocycles. The number of hydrogen-bond donors (Lipinski definition) is 0. The largest absolute Gasteiger partial charge is 0.376 e. The van der Waals surface area contributed by atoms with E-state index in [1.54, 1.807) is 22.2 Å². The molecule has 5 nitrogen and oxygen atoms in total. The maximum atomic E-state index is 12.7. The summed E-state index contributed by atoms with van der Waals surface area (Å²) in [5.74, 6) is 0.0332. The summed E-state index contributed by atoms with van der Waals surface area (Å²) in [6.07, 6.45) is 3.92. The molecule has 7 heteroatoms. The molecule has 23 heavy (non-hydrogen) atoms. The molecule has 0 aromatic carbocycles. The van der Waals surface area contributed by atoms with E-state index in [0.717, 1.165) is 30.7 Å².